The number of hydrogen-bond donors (Lipinski definition) is 1. The molecular weight excluding hydrogens is 348 g/mol. The van der Waals surface area contributed by atoms with Crippen molar-refractivity contribution >= 4 is 5.91 Å². The predicted molar refractivity (Wildman–Crippen MR) is 112 cm³/mol. The number of aromatic nitrogens is 2. The Kier molecular flexibility index (Phi) is 5.28. The van der Waals surface area contributed by atoms with Crippen molar-refractivity contribution in [1.29, 1.82) is 0 Å². The maximum Gasteiger partial charge on any atom is 0.274 e. The lowest BCUT2D eigenvalue weighted by molar-refractivity contribution is 0.0819. The molecule has 1 aromatic carbocycles. The van der Waals surface area contributed by atoms with Gasteiger partial charge in [0.05, 0.1) is 0 Å². The lowest BCUT2D eigenvalue weighted by Gasteiger charge is -2.28. The van der Waals surface area contributed by atoms with Crippen LogP contribution in [0.15, 0.2) is 24.3 Å². The Hall–Kier alpha value is -2.14. The molecule has 5 nitrogen and oxygen atoms in total. The van der Waals surface area contributed by atoms with Crippen LogP contribution in [0.1, 0.15) is 53.1 Å². The minimum atomic E-state index is 0.0210. The Bertz CT molecular complexity index is 842. The normalized spacial score (nSPS) is 19.0. The number of fused-ring (bicyclic) bond motifs is 2. The van der Waals surface area contributed by atoms with E-state index >= 15 is 0 Å². The number of rotatable bonds is 5. The largest absolute Gasteiger partial charge is 0.343 e. The lowest BCUT2D eigenvalue weighted by Crippen LogP contribution is -2.42. The Balaban J connectivity index is 1.52. The Morgan fingerprint density at radius 2 is 1.86 bits per heavy atom. The summed E-state index contributed by atoms with van der Waals surface area (Å²) in [5.41, 5.74) is 6.04. The molecular formula is C23H32N4O. The van der Waals surface area contributed by atoms with E-state index in [0.29, 0.717) is 23.7 Å². The second kappa shape index (κ2) is 7.70. The van der Waals surface area contributed by atoms with Crippen molar-refractivity contribution in [2.24, 2.45) is 5.92 Å². The van der Waals surface area contributed by atoms with Crippen molar-refractivity contribution in [1.82, 2.24) is 20.0 Å². The standard InChI is InChI=1S/C23H32N4O/c1-15(2)14-27-21-10-9-18(13-20(21)22(25-27)23(28)26(3)4)24-19-11-16-7-5-6-8-17(16)12-19/h5-8,15,18-19,24H,9-14H2,1-4H3. The summed E-state index contributed by atoms with van der Waals surface area (Å²) in [4.78, 5) is 14.4. The van der Waals surface area contributed by atoms with E-state index in [2.05, 4.69) is 48.1 Å². The zero-order chi connectivity index (χ0) is 19.8. The first-order valence-corrected chi connectivity index (χ1v) is 10.6. The van der Waals surface area contributed by atoms with Crippen molar-refractivity contribution in [2.45, 2.75) is 64.6 Å². The van der Waals surface area contributed by atoms with Crippen LogP contribution in [0.25, 0.3) is 0 Å². The summed E-state index contributed by atoms with van der Waals surface area (Å²) in [6.07, 6.45) is 5.22. The monoisotopic (exact) mass is 380 g/mol. The van der Waals surface area contributed by atoms with Crippen LogP contribution in [0.2, 0.25) is 0 Å². The van der Waals surface area contributed by atoms with Crippen LogP contribution in [0.5, 0.6) is 0 Å². The fraction of sp³-hybridized carbons (Fsp3) is 0.565. The van der Waals surface area contributed by atoms with Crippen molar-refractivity contribution in [2.75, 3.05) is 14.1 Å². The van der Waals surface area contributed by atoms with E-state index in [1.807, 2.05) is 14.1 Å². The summed E-state index contributed by atoms with van der Waals surface area (Å²) in [5, 5.41) is 8.64. The van der Waals surface area contributed by atoms with E-state index in [0.717, 1.165) is 38.6 Å². The number of hydrogen-bond acceptors (Lipinski definition) is 3. The third kappa shape index (κ3) is 3.72. The highest BCUT2D eigenvalue weighted by Crippen LogP contribution is 2.28. The third-order valence-electron chi connectivity index (χ3n) is 6.02. The molecule has 1 heterocycles. The molecule has 2 aromatic rings. The van der Waals surface area contributed by atoms with Gasteiger partial charge in [-0.15, -0.1) is 0 Å². The van der Waals surface area contributed by atoms with Gasteiger partial charge < -0.3 is 10.2 Å². The number of carbonyl (C=O) groups excluding carboxylic acids is 1. The van der Waals surface area contributed by atoms with Crippen LogP contribution in [0.4, 0.5) is 0 Å². The average molecular weight is 381 g/mol. The Morgan fingerprint density at radius 1 is 1.18 bits per heavy atom. The first-order chi connectivity index (χ1) is 13.4. The quantitative estimate of drug-likeness (QED) is 0.868. The molecule has 2 aliphatic rings. The summed E-state index contributed by atoms with van der Waals surface area (Å²) in [7, 11) is 3.62. The summed E-state index contributed by atoms with van der Waals surface area (Å²) in [5.74, 6) is 0.534. The second-order valence-electron chi connectivity index (χ2n) is 9.03. The van der Waals surface area contributed by atoms with Crippen LogP contribution in [0.3, 0.4) is 0 Å². The molecule has 1 atom stereocenters. The van der Waals surface area contributed by atoms with Crippen molar-refractivity contribution in [3.8, 4) is 0 Å². The minimum absolute atomic E-state index is 0.0210. The molecule has 150 valence electrons. The Morgan fingerprint density at radius 3 is 2.46 bits per heavy atom. The summed E-state index contributed by atoms with van der Waals surface area (Å²) in [6, 6.07) is 9.69. The summed E-state index contributed by atoms with van der Waals surface area (Å²) in [6.45, 7) is 5.28. The number of nitrogens with one attached hydrogen (secondary N) is 1. The van der Waals surface area contributed by atoms with E-state index < -0.39 is 0 Å². The maximum atomic E-state index is 12.7. The predicted octanol–water partition coefficient (Wildman–Crippen LogP) is 2.86. The molecule has 0 saturated carbocycles. The highest BCUT2D eigenvalue weighted by Gasteiger charge is 2.32. The van der Waals surface area contributed by atoms with Gasteiger partial charge >= 0.3 is 0 Å². The molecule has 5 heteroatoms. The van der Waals surface area contributed by atoms with Gasteiger partial charge in [-0.1, -0.05) is 38.1 Å². The summed E-state index contributed by atoms with van der Waals surface area (Å²) >= 11 is 0. The molecule has 1 unspecified atom stereocenters. The van der Waals surface area contributed by atoms with E-state index in [-0.39, 0.29) is 5.91 Å². The second-order valence-corrected chi connectivity index (χ2v) is 9.03. The van der Waals surface area contributed by atoms with E-state index in [1.54, 1.807) is 4.90 Å². The number of nitrogens with zero attached hydrogens (tertiary/aromatic N) is 3. The topological polar surface area (TPSA) is 50.2 Å². The zero-order valence-corrected chi connectivity index (χ0v) is 17.5. The lowest BCUT2D eigenvalue weighted by atomic mass is 9.90. The average Bonchev–Trinajstić information content (AvgIpc) is 3.21. The van der Waals surface area contributed by atoms with E-state index in [9.17, 15) is 4.79 Å². The van der Waals surface area contributed by atoms with Crippen LogP contribution in [0, 0.1) is 5.92 Å². The van der Waals surface area contributed by atoms with Gasteiger partial charge in [0.25, 0.3) is 5.91 Å². The van der Waals surface area contributed by atoms with Gasteiger partial charge in [0.15, 0.2) is 5.69 Å². The molecule has 0 fully saturated rings. The van der Waals surface area contributed by atoms with Gasteiger partial charge in [0.2, 0.25) is 0 Å². The number of benzene rings is 1. The van der Waals surface area contributed by atoms with Gasteiger partial charge in [0, 0.05) is 44.0 Å². The molecule has 0 saturated heterocycles. The van der Waals surface area contributed by atoms with Crippen molar-refractivity contribution < 1.29 is 4.79 Å². The molecule has 1 amide bonds. The first-order valence-electron chi connectivity index (χ1n) is 10.6. The molecule has 4 rings (SSSR count). The molecule has 0 aliphatic heterocycles. The van der Waals surface area contributed by atoms with Gasteiger partial charge in [-0.05, 0) is 49.1 Å². The highest BCUT2D eigenvalue weighted by atomic mass is 16.2. The fourth-order valence-electron chi connectivity index (χ4n) is 4.72. The molecule has 1 N–H and O–H groups in total. The number of carbonyl (C=O) groups is 1. The molecule has 2 aliphatic carbocycles. The van der Waals surface area contributed by atoms with Gasteiger partial charge in [0.1, 0.15) is 0 Å². The molecule has 0 radical (unpaired) electrons. The highest BCUT2D eigenvalue weighted by molar-refractivity contribution is 5.93. The minimum Gasteiger partial charge on any atom is -0.343 e. The van der Waals surface area contributed by atoms with Gasteiger partial charge in [-0.25, -0.2) is 0 Å². The fourth-order valence-corrected chi connectivity index (χ4v) is 4.72. The van der Waals surface area contributed by atoms with Gasteiger partial charge in [-0.3, -0.25) is 9.48 Å². The summed E-state index contributed by atoms with van der Waals surface area (Å²) < 4.78 is 2.10. The van der Waals surface area contributed by atoms with Crippen LogP contribution in [-0.2, 0) is 32.2 Å². The van der Waals surface area contributed by atoms with Crippen molar-refractivity contribution in [3.63, 3.8) is 0 Å². The zero-order valence-electron chi connectivity index (χ0n) is 17.5. The first kappa shape index (κ1) is 19.2. The van der Waals surface area contributed by atoms with Crippen LogP contribution >= 0.6 is 0 Å². The SMILES string of the molecule is CC(C)Cn1nc(C(=O)N(C)C)c2c1CCC(NC1Cc3ccccc3C1)C2. The third-order valence-corrected chi connectivity index (χ3v) is 6.02. The molecule has 0 bridgehead atoms. The molecule has 28 heavy (non-hydrogen) atoms. The van der Waals surface area contributed by atoms with E-state index in [4.69, 9.17) is 5.10 Å². The van der Waals surface area contributed by atoms with Gasteiger partial charge in [-0.2, -0.15) is 5.10 Å². The van der Waals surface area contributed by atoms with Crippen molar-refractivity contribution in [3.05, 3.63) is 52.3 Å². The smallest absolute Gasteiger partial charge is 0.274 e. The van der Waals surface area contributed by atoms with E-state index in [1.165, 1.54) is 22.4 Å². The molecule has 0 spiro atoms. The number of amides is 1. The maximum absolute atomic E-state index is 12.7. The molecule has 1 aromatic heterocycles. The van der Waals surface area contributed by atoms with Crippen LogP contribution < -0.4 is 5.32 Å². The Labute approximate surface area is 168 Å². The van der Waals surface area contributed by atoms with Crippen LogP contribution in [-0.4, -0.2) is 46.8 Å².